The van der Waals surface area contributed by atoms with E-state index in [1.165, 1.54) is 6.92 Å². The maximum atomic E-state index is 13.3. The molecule has 4 aliphatic carbocycles. The lowest BCUT2D eigenvalue weighted by Gasteiger charge is -2.60. The molecular weight excluding hydrogens is 973 g/mol. The summed E-state index contributed by atoms with van der Waals surface area (Å²) in [4.78, 5) is 26.1. The lowest BCUT2D eigenvalue weighted by molar-refractivity contribution is -0.351. The van der Waals surface area contributed by atoms with Crippen LogP contribution in [0.2, 0.25) is 0 Å². The fourth-order valence-electron chi connectivity index (χ4n) is 14.6. The highest BCUT2D eigenvalue weighted by molar-refractivity contribution is 5.75. The van der Waals surface area contributed by atoms with Crippen LogP contribution in [0.25, 0.3) is 0 Å². The largest absolute Gasteiger partial charge is 0.453 e. The summed E-state index contributed by atoms with van der Waals surface area (Å²) in [6.07, 6.45) is -15.3. The molecule has 0 spiro atoms. The van der Waals surface area contributed by atoms with Crippen LogP contribution in [-0.4, -0.2) is 201 Å². The van der Waals surface area contributed by atoms with Crippen molar-refractivity contribution in [3.8, 4) is 0 Å². The Morgan fingerprint density at radius 1 is 0.892 bits per heavy atom. The van der Waals surface area contributed by atoms with Crippen LogP contribution in [0.3, 0.4) is 0 Å². The van der Waals surface area contributed by atoms with Crippen molar-refractivity contribution in [1.82, 2.24) is 0 Å². The third-order valence-corrected chi connectivity index (χ3v) is 19.1. The minimum absolute atomic E-state index is 0.0109. The molecule has 7 fully saturated rings. The highest BCUT2D eigenvalue weighted by Crippen LogP contribution is 2.70. The molecule has 8 unspecified atom stereocenters. The summed E-state index contributed by atoms with van der Waals surface area (Å²) >= 11 is 0. The summed E-state index contributed by atoms with van der Waals surface area (Å²) in [6, 6.07) is 0. The molecule has 3 saturated carbocycles. The van der Waals surface area contributed by atoms with Crippen molar-refractivity contribution in [3.63, 3.8) is 0 Å². The first-order chi connectivity index (χ1) is 34.9. The Bertz CT molecular complexity index is 2010. The van der Waals surface area contributed by atoms with Crippen molar-refractivity contribution >= 4 is 11.9 Å². The number of aliphatic hydroxyl groups excluding tert-OH is 9. The molecule has 9 N–H and O–H groups in total. The second-order valence-corrected chi connectivity index (χ2v) is 23.2. The van der Waals surface area contributed by atoms with Crippen LogP contribution in [-0.2, 0) is 57.0 Å². The van der Waals surface area contributed by atoms with Gasteiger partial charge < -0.3 is 93.3 Å². The predicted octanol–water partition coefficient (Wildman–Crippen LogP) is 0.881. The first-order valence-corrected chi connectivity index (χ1v) is 26.8. The Kier molecular flexibility index (Phi) is 17.9. The smallest absolute Gasteiger partial charge is 0.337 e. The van der Waals surface area contributed by atoms with E-state index < -0.39 is 140 Å². The summed E-state index contributed by atoms with van der Waals surface area (Å²) in [5.41, 5.74) is 1.02. The van der Waals surface area contributed by atoms with E-state index in [2.05, 4.69) is 33.4 Å². The quantitative estimate of drug-likeness (QED) is 0.0722. The van der Waals surface area contributed by atoms with E-state index in [0.717, 1.165) is 38.2 Å². The number of rotatable bonds is 17. The van der Waals surface area contributed by atoms with Crippen molar-refractivity contribution < 1.29 is 103 Å². The first kappa shape index (κ1) is 57.9. The van der Waals surface area contributed by atoms with E-state index in [-0.39, 0.29) is 60.7 Å². The molecule has 0 bridgehead atoms. The molecule has 0 aromatic rings. The monoisotopic (exact) mass is 1060 g/mol. The third-order valence-electron chi connectivity index (χ3n) is 19.1. The molecule has 8 rings (SSSR count). The Hall–Kier alpha value is -2.26. The van der Waals surface area contributed by atoms with Gasteiger partial charge in [-0.15, -0.1) is 0 Å². The van der Waals surface area contributed by atoms with Gasteiger partial charge >= 0.3 is 11.9 Å². The van der Waals surface area contributed by atoms with Gasteiger partial charge in [-0.25, -0.2) is 4.79 Å². The number of esters is 2. The van der Waals surface area contributed by atoms with Gasteiger partial charge in [0.2, 0.25) is 6.29 Å². The molecule has 4 heterocycles. The van der Waals surface area contributed by atoms with E-state index in [4.69, 9.17) is 47.4 Å². The zero-order chi connectivity index (χ0) is 53.9. The van der Waals surface area contributed by atoms with E-state index in [1.807, 2.05) is 0 Å². The van der Waals surface area contributed by atoms with Crippen LogP contribution in [0.4, 0.5) is 0 Å². The Balaban J connectivity index is 0.999. The highest BCUT2D eigenvalue weighted by atomic mass is 16.8. The first-order valence-electron chi connectivity index (χ1n) is 26.8. The van der Waals surface area contributed by atoms with Crippen molar-refractivity contribution in [2.45, 2.75) is 222 Å². The number of allylic oxidation sites excluding steroid dienone is 1. The maximum absolute atomic E-state index is 13.3. The third kappa shape index (κ3) is 10.5. The molecule has 8 aliphatic rings. The van der Waals surface area contributed by atoms with E-state index in [1.54, 1.807) is 21.0 Å². The van der Waals surface area contributed by atoms with Crippen molar-refractivity contribution in [2.75, 3.05) is 26.9 Å². The fourth-order valence-corrected chi connectivity index (χ4v) is 14.6. The summed E-state index contributed by atoms with van der Waals surface area (Å²) < 4.78 is 61.8. The number of aliphatic hydroxyl groups is 9. The molecule has 4 aliphatic heterocycles. The second kappa shape index (κ2) is 22.8. The summed E-state index contributed by atoms with van der Waals surface area (Å²) in [7, 11) is 1.67. The highest BCUT2D eigenvalue weighted by Gasteiger charge is 2.69. The molecule has 4 saturated heterocycles. The fraction of sp³-hybridized carbons (Fsp3) is 0.887. The minimum atomic E-state index is -1.76. The maximum Gasteiger partial charge on any atom is 0.337 e. The zero-order valence-electron chi connectivity index (χ0n) is 44.1. The molecule has 0 radical (unpaired) electrons. The number of fused-ring (bicyclic) bond motifs is 7. The van der Waals surface area contributed by atoms with Crippen molar-refractivity contribution in [1.29, 1.82) is 0 Å². The number of methoxy groups -OCH3 is 1. The molecule has 21 nitrogen and oxygen atoms in total. The number of carbonyl (C=O) groups is 2. The van der Waals surface area contributed by atoms with Crippen molar-refractivity contribution in [3.05, 3.63) is 23.8 Å². The Labute approximate surface area is 433 Å². The standard InChI is InChI=1S/C53H84O21/c1-10-24(3)38(57)47(64)73-50-46(69-27(6)55)45(72-49-44(63)41(60)39(58)26(5)68-49)35(22-67-50)70-36-18-29(56)17-28-11-12-30-31(52(28,36)8)14-15-51(7)32(30)19-33-37(51)25(4)53(65-9,74-33)16-13-23(2)21-66-48-43(62)42(61)40(59)34(20-54)71-48/h11,24-26,29-46,48-50,54,56-63H,2,10,12-22H2,1,3-9H3/t24-,25-,26-,29+,30?,31?,32?,33?,34+,35+,36+,37?,38-,39-,40+,41+,42-,43+,44+,45?,46+,48?,49-,50+,51-,52-,53?/m0/s1. The van der Waals surface area contributed by atoms with E-state index >= 15 is 0 Å². The molecule has 0 aromatic carbocycles. The lowest BCUT2D eigenvalue weighted by Crippen LogP contribution is -2.64. The number of hydrogen-bond acceptors (Lipinski definition) is 21. The lowest BCUT2D eigenvalue weighted by atomic mass is 9.46. The van der Waals surface area contributed by atoms with Gasteiger partial charge in [-0.05, 0) is 80.5 Å². The molecule has 21 heteroatoms. The molecule has 0 amide bonds. The average molecular weight is 1060 g/mol. The Morgan fingerprint density at radius 2 is 1.59 bits per heavy atom. The number of ether oxygens (including phenoxy) is 10. The molecule has 74 heavy (non-hydrogen) atoms. The van der Waals surface area contributed by atoms with Crippen LogP contribution in [0.1, 0.15) is 106 Å². The van der Waals surface area contributed by atoms with Gasteiger partial charge in [-0.2, -0.15) is 0 Å². The van der Waals surface area contributed by atoms with Gasteiger partial charge in [0.15, 0.2) is 30.6 Å². The zero-order valence-corrected chi connectivity index (χ0v) is 44.1. The average Bonchev–Trinajstić information content (AvgIpc) is 3.83. The summed E-state index contributed by atoms with van der Waals surface area (Å²) in [6.45, 7) is 16.3. The van der Waals surface area contributed by atoms with Crippen LogP contribution >= 0.6 is 0 Å². The van der Waals surface area contributed by atoms with Gasteiger partial charge in [-0.1, -0.05) is 64.8 Å². The normalized spacial score (nSPS) is 48.8. The summed E-state index contributed by atoms with van der Waals surface area (Å²) in [5.74, 6) is -2.46. The predicted molar refractivity (Wildman–Crippen MR) is 257 cm³/mol. The van der Waals surface area contributed by atoms with Crippen LogP contribution < -0.4 is 0 Å². The van der Waals surface area contributed by atoms with Gasteiger partial charge in [0.05, 0.1) is 44.2 Å². The van der Waals surface area contributed by atoms with Gasteiger partial charge in [0, 0.05) is 38.2 Å². The molecule has 422 valence electrons. The van der Waals surface area contributed by atoms with Gasteiger partial charge in [-0.3, -0.25) is 4.79 Å². The molecule has 27 atom stereocenters. The SMILES string of the molecule is C=C(CCC1(OC)OC2CC3C4CC=C5C[C@@H](O)C[C@@H](O[C@@H]6CO[C@H](OC(=O)[C@@H](O)[C@@H](C)CC)[C@H](OC(C)=O)C6O[C@@H]6O[C@@H](C)[C@H](O)[C@@H](O)[C@H]6O)[C@]5(C)C4CC[C@]3(C)C2[C@@H]1C)COC1O[C@H](CO)[C@@H](O)[C@H](O)[C@H]1O. The van der Waals surface area contributed by atoms with Crippen LogP contribution in [0, 0.1) is 46.3 Å². The minimum Gasteiger partial charge on any atom is -0.453 e. The summed E-state index contributed by atoms with van der Waals surface area (Å²) in [5, 5.41) is 95.3. The van der Waals surface area contributed by atoms with Gasteiger partial charge in [0.1, 0.15) is 54.9 Å². The molecular formula is C53H84O21. The van der Waals surface area contributed by atoms with E-state index in [9.17, 15) is 55.5 Å². The van der Waals surface area contributed by atoms with Crippen molar-refractivity contribution in [2.24, 2.45) is 46.3 Å². The topological polar surface area (TPSA) is 309 Å². The molecule has 0 aromatic heterocycles. The number of hydrogen-bond donors (Lipinski definition) is 9. The van der Waals surface area contributed by atoms with E-state index in [0.29, 0.717) is 31.3 Å². The van der Waals surface area contributed by atoms with Crippen LogP contribution in [0.5, 0.6) is 0 Å². The van der Waals surface area contributed by atoms with Crippen LogP contribution in [0.15, 0.2) is 23.8 Å². The second-order valence-electron chi connectivity index (χ2n) is 23.2. The Morgan fingerprint density at radius 3 is 2.27 bits per heavy atom. The number of carbonyl (C=O) groups excluding carboxylic acids is 2. The van der Waals surface area contributed by atoms with Gasteiger partial charge in [0.25, 0.3) is 0 Å².